The molecule has 118 valence electrons. The van der Waals surface area contributed by atoms with E-state index in [4.69, 9.17) is 0 Å². The van der Waals surface area contributed by atoms with Gasteiger partial charge in [0, 0.05) is 25.8 Å². The minimum atomic E-state index is 0.126. The molecule has 1 saturated heterocycles. The Hall–Kier alpha value is -1.91. The van der Waals surface area contributed by atoms with Gasteiger partial charge in [-0.1, -0.05) is 6.92 Å². The molecular formula is C17H24N4O. The average molecular weight is 300 g/mol. The smallest absolute Gasteiger partial charge is 0.254 e. The fourth-order valence-corrected chi connectivity index (χ4v) is 3.38. The summed E-state index contributed by atoms with van der Waals surface area (Å²) in [6.07, 6.45) is 3.39. The van der Waals surface area contributed by atoms with Crippen LogP contribution in [0.25, 0.3) is 11.0 Å². The van der Waals surface area contributed by atoms with Crippen molar-refractivity contribution in [1.82, 2.24) is 19.7 Å². The third-order valence-corrected chi connectivity index (χ3v) is 4.63. The predicted molar refractivity (Wildman–Crippen MR) is 86.9 cm³/mol. The molecule has 2 aromatic rings. The number of aromatic nitrogens is 3. The fraction of sp³-hybridized carbons (Fsp3) is 0.588. The van der Waals surface area contributed by atoms with Crippen LogP contribution in [0.5, 0.6) is 0 Å². The Morgan fingerprint density at radius 2 is 2.05 bits per heavy atom. The first kappa shape index (κ1) is 15.0. The van der Waals surface area contributed by atoms with E-state index in [1.165, 1.54) is 6.42 Å². The lowest BCUT2D eigenvalue weighted by atomic mass is 10.0. The summed E-state index contributed by atoms with van der Waals surface area (Å²) in [4.78, 5) is 19.6. The standard InChI is InChI=1S/C17H24N4O/c1-11-6-5-8-21(9-7-11)17(22)14-10-12(2)18-16-15(14)13(3)19-20(16)4/h10-11H,5-9H2,1-4H3/t11-/m0/s1. The lowest BCUT2D eigenvalue weighted by Gasteiger charge is -2.21. The van der Waals surface area contributed by atoms with Crippen LogP contribution in [0.4, 0.5) is 0 Å². The molecule has 3 heterocycles. The molecule has 0 unspecified atom stereocenters. The van der Waals surface area contributed by atoms with Crippen LogP contribution in [0.2, 0.25) is 0 Å². The molecule has 0 bridgehead atoms. The number of likely N-dealkylation sites (tertiary alicyclic amines) is 1. The number of fused-ring (bicyclic) bond motifs is 1. The molecule has 0 aromatic carbocycles. The summed E-state index contributed by atoms with van der Waals surface area (Å²) >= 11 is 0. The molecule has 0 saturated carbocycles. The highest BCUT2D eigenvalue weighted by Gasteiger charge is 2.24. The van der Waals surface area contributed by atoms with Crippen LogP contribution in [0, 0.1) is 19.8 Å². The number of amides is 1. The first-order valence-electron chi connectivity index (χ1n) is 8.07. The summed E-state index contributed by atoms with van der Waals surface area (Å²) in [5.74, 6) is 0.831. The van der Waals surface area contributed by atoms with Gasteiger partial charge >= 0.3 is 0 Å². The lowest BCUT2D eigenvalue weighted by Crippen LogP contribution is -2.32. The topological polar surface area (TPSA) is 51.0 Å². The van der Waals surface area contributed by atoms with Crippen molar-refractivity contribution in [3.63, 3.8) is 0 Å². The largest absolute Gasteiger partial charge is 0.339 e. The Balaban J connectivity index is 2.03. The van der Waals surface area contributed by atoms with Crippen molar-refractivity contribution in [3.05, 3.63) is 23.0 Å². The van der Waals surface area contributed by atoms with Crippen molar-refractivity contribution in [3.8, 4) is 0 Å². The van der Waals surface area contributed by atoms with Crippen molar-refractivity contribution in [2.45, 2.75) is 40.0 Å². The van der Waals surface area contributed by atoms with E-state index in [9.17, 15) is 4.79 Å². The van der Waals surface area contributed by atoms with Gasteiger partial charge in [0.1, 0.15) is 0 Å². The fourth-order valence-electron chi connectivity index (χ4n) is 3.38. The van der Waals surface area contributed by atoms with E-state index in [1.807, 2.05) is 31.9 Å². The van der Waals surface area contributed by atoms with Gasteiger partial charge in [-0.05, 0) is 45.1 Å². The summed E-state index contributed by atoms with van der Waals surface area (Å²) < 4.78 is 1.76. The van der Waals surface area contributed by atoms with Crippen molar-refractivity contribution in [2.24, 2.45) is 13.0 Å². The number of aryl methyl sites for hydroxylation is 3. The normalized spacial score (nSPS) is 19.5. The third kappa shape index (κ3) is 2.60. The van der Waals surface area contributed by atoms with Gasteiger partial charge in [-0.2, -0.15) is 5.10 Å². The van der Waals surface area contributed by atoms with Gasteiger partial charge in [-0.25, -0.2) is 4.98 Å². The zero-order valence-corrected chi connectivity index (χ0v) is 13.9. The molecule has 0 N–H and O–H groups in total. The Morgan fingerprint density at radius 1 is 1.27 bits per heavy atom. The van der Waals surface area contributed by atoms with Crippen LogP contribution in [-0.4, -0.2) is 38.7 Å². The Labute approximate surface area is 131 Å². The van der Waals surface area contributed by atoms with E-state index in [1.54, 1.807) is 4.68 Å². The van der Waals surface area contributed by atoms with Gasteiger partial charge in [-0.3, -0.25) is 9.48 Å². The molecular weight excluding hydrogens is 276 g/mol. The number of hydrogen-bond acceptors (Lipinski definition) is 3. The van der Waals surface area contributed by atoms with E-state index >= 15 is 0 Å². The van der Waals surface area contributed by atoms with Crippen LogP contribution in [-0.2, 0) is 7.05 Å². The molecule has 1 fully saturated rings. The van der Waals surface area contributed by atoms with Gasteiger partial charge in [0.15, 0.2) is 5.65 Å². The number of carbonyl (C=O) groups is 1. The van der Waals surface area contributed by atoms with Gasteiger partial charge < -0.3 is 4.90 Å². The molecule has 5 heteroatoms. The van der Waals surface area contributed by atoms with Crippen LogP contribution >= 0.6 is 0 Å². The van der Waals surface area contributed by atoms with Gasteiger partial charge in [0.25, 0.3) is 5.91 Å². The van der Waals surface area contributed by atoms with E-state index in [-0.39, 0.29) is 5.91 Å². The zero-order valence-electron chi connectivity index (χ0n) is 13.9. The highest BCUT2D eigenvalue weighted by atomic mass is 16.2. The maximum atomic E-state index is 13.0. The molecule has 1 amide bonds. The second-order valence-electron chi connectivity index (χ2n) is 6.55. The SMILES string of the molecule is Cc1cc(C(=O)N2CCC[C@H](C)CC2)c2c(C)nn(C)c2n1. The number of hydrogen-bond donors (Lipinski definition) is 0. The Kier molecular flexibility index (Phi) is 3.89. The van der Waals surface area contributed by atoms with Crippen molar-refractivity contribution in [1.29, 1.82) is 0 Å². The van der Waals surface area contributed by atoms with E-state index in [0.717, 1.165) is 53.9 Å². The van der Waals surface area contributed by atoms with E-state index < -0.39 is 0 Å². The number of pyridine rings is 1. The number of rotatable bonds is 1. The molecule has 3 rings (SSSR count). The summed E-state index contributed by atoms with van der Waals surface area (Å²) in [6.45, 7) is 7.85. The quantitative estimate of drug-likeness (QED) is 0.813. The van der Waals surface area contributed by atoms with Gasteiger partial charge in [0.2, 0.25) is 0 Å². The van der Waals surface area contributed by atoms with Crippen LogP contribution in [0.15, 0.2) is 6.07 Å². The molecule has 1 aliphatic rings. The minimum absolute atomic E-state index is 0.126. The minimum Gasteiger partial charge on any atom is -0.339 e. The molecule has 2 aromatic heterocycles. The zero-order chi connectivity index (χ0) is 15.9. The second kappa shape index (κ2) is 5.71. The molecule has 5 nitrogen and oxygen atoms in total. The maximum absolute atomic E-state index is 13.0. The van der Waals surface area contributed by atoms with Gasteiger partial charge in [0.05, 0.1) is 16.6 Å². The molecule has 0 spiro atoms. The second-order valence-corrected chi connectivity index (χ2v) is 6.55. The number of carbonyl (C=O) groups excluding carboxylic acids is 1. The highest BCUT2D eigenvalue weighted by molar-refractivity contribution is 6.06. The predicted octanol–water partition coefficient (Wildman–Crippen LogP) is 2.85. The Morgan fingerprint density at radius 3 is 2.82 bits per heavy atom. The number of nitrogens with zero attached hydrogens (tertiary/aromatic N) is 4. The maximum Gasteiger partial charge on any atom is 0.254 e. The molecule has 0 aliphatic carbocycles. The monoisotopic (exact) mass is 300 g/mol. The molecule has 22 heavy (non-hydrogen) atoms. The first-order chi connectivity index (χ1) is 10.5. The molecule has 0 radical (unpaired) electrons. The summed E-state index contributed by atoms with van der Waals surface area (Å²) in [6, 6.07) is 1.91. The van der Waals surface area contributed by atoms with Crippen LogP contribution < -0.4 is 0 Å². The molecule has 1 aliphatic heterocycles. The lowest BCUT2D eigenvalue weighted by molar-refractivity contribution is 0.0762. The van der Waals surface area contributed by atoms with Crippen molar-refractivity contribution in [2.75, 3.05) is 13.1 Å². The molecule has 1 atom stereocenters. The van der Waals surface area contributed by atoms with Crippen molar-refractivity contribution >= 4 is 16.9 Å². The summed E-state index contributed by atoms with van der Waals surface area (Å²) in [5, 5.41) is 5.33. The van der Waals surface area contributed by atoms with Gasteiger partial charge in [-0.15, -0.1) is 0 Å². The van der Waals surface area contributed by atoms with Crippen LogP contribution in [0.3, 0.4) is 0 Å². The van der Waals surface area contributed by atoms with E-state index in [0.29, 0.717) is 5.92 Å². The van der Waals surface area contributed by atoms with Crippen LogP contribution in [0.1, 0.15) is 47.9 Å². The van der Waals surface area contributed by atoms with E-state index in [2.05, 4.69) is 17.0 Å². The Bertz CT molecular complexity index is 719. The summed E-state index contributed by atoms with van der Waals surface area (Å²) in [5.41, 5.74) is 3.28. The van der Waals surface area contributed by atoms with Crippen molar-refractivity contribution < 1.29 is 4.79 Å². The third-order valence-electron chi connectivity index (χ3n) is 4.63. The summed E-state index contributed by atoms with van der Waals surface area (Å²) in [7, 11) is 1.88. The highest BCUT2D eigenvalue weighted by Crippen LogP contribution is 2.25. The first-order valence-corrected chi connectivity index (χ1v) is 8.07. The average Bonchev–Trinajstić information content (AvgIpc) is 2.65.